The van der Waals surface area contributed by atoms with Gasteiger partial charge in [-0.3, -0.25) is 0 Å². The van der Waals surface area contributed by atoms with Crippen molar-refractivity contribution >= 4 is 14.9 Å². The van der Waals surface area contributed by atoms with Gasteiger partial charge in [-0.05, 0) is 34.6 Å². The summed E-state index contributed by atoms with van der Waals surface area (Å²) < 4.78 is 97.1. The van der Waals surface area contributed by atoms with Gasteiger partial charge in [-0.15, -0.1) is 0 Å². The maximum absolute atomic E-state index is 13.6. The number of nitrogens with zero attached hydrogens (tertiary/aromatic N) is 3. The SMILES string of the molecule is CC1(C)CC(S(=O)(=O)Cc2c(C(F)(F)F)nn(C(C)(C)C)c2OCC(F)F)=NO1. The van der Waals surface area contributed by atoms with Crippen molar-refractivity contribution in [3.05, 3.63) is 11.3 Å². The van der Waals surface area contributed by atoms with Crippen LogP contribution < -0.4 is 4.74 Å². The van der Waals surface area contributed by atoms with Crippen molar-refractivity contribution in [2.24, 2.45) is 5.16 Å². The van der Waals surface area contributed by atoms with Crippen molar-refractivity contribution in [1.82, 2.24) is 9.78 Å². The van der Waals surface area contributed by atoms with Gasteiger partial charge >= 0.3 is 6.18 Å². The first-order valence-corrected chi connectivity index (χ1v) is 10.2. The Morgan fingerprint density at radius 1 is 1.24 bits per heavy atom. The second-order valence-corrected chi connectivity index (χ2v) is 10.2. The fourth-order valence-electron chi connectivity index (χ4n) is 2.58. The zero-order valence-corrected chi connectivity index (χ0v) is 17.3. The van der Waals surface area contributed by atoms with Crippen molar-refractivity contribution in [2.45, 2.75) is 70.5 Å². The van der Waals surface area contributed by atoms with Crippen LogP contribution in [-0.4, -0.2) is 41.9 Å². The fourth-order valence-corrected chi connectivity index (χ4v) is 4.11. The summed E-state index contributed by atoms with van der Waals surface area (Å²) in [4.78, 5) is 4.98. The third kappa shape index (κ3) is 5.37. The van der Waals surface area contributed by atoms with Gasteiger partial charge in [0, 0.05) is 6.42 Å². The number of oxime groups is 1. The van der Waals surface area contributed by atoms with E-state index in [1.54, 1.807) is 13.8 Å². The molecule has 0 fully saturated rings. The quantitative estimate of drug-likeness (QED) is 0.643. The van der Waals surface area contributed by atoms with E-state index in [0.717, 1.165) is 4.68 Å². The Bertz CT molecular complexity index is 899. The number of ether oxygens (including phenoxy) is 1. The molecule has 0 N–H and O–H groups in total. The summed E-state index contributed by atoms with van der Waals surface area (Å²) in [7, 11) is -4.36. The summed E-state index contributed by atoms with van der Waals surface area (Å²) in [6.07, 6.45) is -8.15. The summed E-state index contributed by atoms with van der Waals surface area (Å²) >= 11 is 0. The van der Waals surface area contributed by atoms with Crippen molar-refractivity contribution < 1.29 is 39.9 Å². The third-order valence-corrected chi connectivity index (χ3v) is 5.46. The zero-order valence-electron chi connectivity index (χ0n) is 16.5. The highest BCUT2D eigenvalue weighted by Crippen LogP contribution is 2.40. The molecular weight excluding hydrogens is 425 g/mol. The first kappa shape index (κ1) is 23.4. The molecular formula is C16H22F5N3O4S. The first-order chi connectivity index (χ1) is 12.9. The van der Waals surface area contributed by atoms with Crippen LogP contribution in [-0.2, 0) is 32.1 Å². The van der Waals surface area contributed by atoms with Gasteiger partial charge in [-0.25, -0.2) is 21.9 Å². The third-order valence-electron chi connectivity index (χ3n) is 3.85. The van der Waals surface area contributed by atoms with Crippen molar-refractivity contribution in [1.29, 1.82) is 0 Å². The molecule has 1 aromatic heterocycles. The first-order valence-electron chi connectivity index (χ1n) is 8.52. The molecule has 2 rings (SSSR count). The average molecular weight is 447 g/mol. The molecule has 1 aliphatic rings. The number of rotatable bonds is 5. The molecule has 0 saturated carbocycles. The Hall–Kier alpha value is -1.92. The molecule has 0 unspecified atom stereocenters. The van der Waals surface area contributed by atoms with Crippen molar-refractivity contribution in [2.75, 3.05) is 6.61 Å². The zero-order chi connectivity index (χ0) is 22.4. The Kier molecular flexibility index (Phi) is 5.96. The highest BCUT2D eigenvalue weighted by molar-refractivity contribution is 8.05. The summed E-state index contributed by atoms with van der Waals surface area (Å²) in [6, 6.07) is 0. The fraction of sp³-hybridized carbons (Fsp3) is 0.750. The van der Waals surface area contributed by atoms with E-state index in [2.05, 4.69) is 10.3 Å². The maximum atomic E-state index is 13.6. The van der Waals surface area contributed by atoms with Gasteiger partial charge in [0.25, 0.3) is 6.43 Å². The van der Waals surface area contributed by atoms with Crippen LogP contribution in [0.5, 0.6) is 5.88 Å². The normalized spacial score (nSPS) is 17.4. The molecule has 166 valence electrons. The van der Waals surface area contributed by atoms with Gasteiger partial charge in [0.05, 0.1) is 16.9 Å². The molecule has 0 amide bonds. The van der Waals surface area contributed by atoms with E-state index in [9.17, 15) is 30.4 Å². The lowest BCUT2D eigenvalue weighted by Crippen LogP contribution is -2.26. The van der Waals surface area contributed by atoms with Crippen LogP contribution in [0.25, 0.3) is 0 Å². The van der Waals surface area contributed by atoms with E-state index in [0.29, 0.717) is 0 Å². The Labute approximate surface area is 164 Å². The topological polar surface area (TPSA) is 82.8 Å². The monoisotopic (exact) mass is 447 g/mol. The molecule has 0 saturated heterocycles. The molecule has 1 aromatic rings. The molecule has 0 atom stereocenters. The van der Waals surface area contributed by atoms with Crippen molar-refractivity contribution in [3.8, 4) is 5.88 Å². The van der Waals surface area contributed by atoms with E-state index in [-0.39, 0.29) is 6.42 Å². The van der Waals surface area contributed by atoms with E-state index in [1.807, 2.05) is 0 Å². The Morgan fingerprint density at radius 3 is 2.24 bits per heavy atom. The van der Waals surface area contributed by atoms with Crippen LogP contribution in [0, 0.1) is 0 Å². The molecule has 0 radical (unpaired) electrons. The van der Waals surface area contributed by atoms with Crippen LogP contribution in [0.3, 0.4) is 0 Å². The summed E-state index contributed by atoms with van der Waals surface area (Å²) in [5.74, 6) is -1.85. The molecule has 29 heavy (non-hydrogen) atoms. The van der Waals surface area contributed by atoms with Crippen LogP contribution in [0.15, 0.2) is 5.16 Å². The molecule has 0 bridgehead atoms. The number of hydrogen-bond donors (Lipinski definition) is 0. The lowest BCUT2D eigenvalue weighted by molar-refractivity contribution is -0.142. The van der Waals surface area contributed by atoms with E-state index < -0.39 is 68.1 Å². The summed E-state index contributed by atoms with van der Waals surface area (Å²) in [6.45, 7) is 6.34. The second-order valence-electron chi connectivity index (χ2n) is 8.19. The minimum atomic E-state index is -5.03. The predicted molar refractivity (Wildman–Crippen MR) is 93.6 cm³/mol. The van der Waals surface area contributed by atoms with Gasteiger partial charge in [-0.2, -0.15) is 18.3 Å². The standard InChI is InChI=1S/C16H22F5N3O4S/c1-14(2,3)24-13(27-7-10(17)18)9(12(22-24)16(19,20)21)8-29(25,26)11-6-15(4,5)28-23-11/h10H,6-8H2,1-5H3. The Morgan fingerprint density at radius 2 is 1.83 bits per heavy atom. The summed E-state index contributed by atoms with van der Waals surface area (Å²) in [5, 5.41) is 6.49. The highest BCUT2D eigenvalue weighted by atomic mass is 32.2. The highest BCUT2D eigenvalue weighted by Gasteiger charge is 2.44. The Balaban J connectivity index is 2.60. The largest absolute Gasteiger partial charge is 0.472 e. The van der Waals surface area contributed by atoms with Gasteiger partial charge < -0.3 is 9.57 Å². The van der Waals surface area contributed by atoms with Gasteiger partial charge in [0.2, 0.25) is 5.88 Å². The van der Waals surface area contributed by atoms with Crippen LogP contribution in [0.2, 0.25) is 0 Å². The van der Waals surface area contributed by atoms with Gasteiger partial charge in [-0.1, -0.05) is 5.16 Å². The number of sulfone groups is 1. The maximum Gasteiger partial charge on any atom is 0.435 e. The lowest BCUT2D eigenvalue weighted by atomic mass is 10.1. The van der Waals surface area contributed by atoms with Gasteiger partial charge in [0.1, 0.15) is 5.60 Å². The molecule has 0 spiro atoms. The molecule has 13 heteroatoms. The minimum Gasteiger partial charge on any atom is -0.472 e. The summed E-state index contributed by atoms with van der Waals surface area (Å²) in [5.41, 5.74) is -4.39. The smallest absolute Gasteiger partial charge is 0.435 e. The molecule has 1 aliphatic heterocycles. The van der Waals surface area contributed by atoms with Gasteiger partial charge in [0.15, 0.2) is 27.2 Å². The number of alkyl halides is 5. The molecule has 0 aromatic carbocycles. The second kappa shape index (κ2) is 7.40. The molecule has 2 heterocycles. The number of halogens is 5. The van der Waals surface area contributed by atoms with E-state index in [4.69, 9.17) is 9.57 Å². The predicted octanol–water partition coefficient (Wildman–Crippen LogP) is 3.73. The number of hydrogen-bond acceptors (Lipinski definition) is 6. The van der Waals surface area contributed by atoms with Crippen LogP contribution >= 0.6 is 0 Å². The lowest BCUT2D eigenvalue weighted by Gasteiger charge is -2.22. The van der Waals surface area contributed by atoms with E-state index in [1.165, 1.54) is 20.8 Å². The van der Waals surface area contributed by atoms with Crippen LogP contribution in [0.4, 0.5) is 22.0 Å². The number of aromatic nitrogens is 2. The minimum absolute atomic E-state index is 0.142. The van der Waals surface area contributed by atoms with E-state index >= 15 is 0 Å². The van der Waals surface area contributed by atoms with Crippen LogP contribution in [0.1, 0.15) is 52.3 Å². The molecule has 0 aliphatic carbocycles. The molecule has 7 nitrogen and oxygen atoms in total. The average Bonchev–Trinajstić information content (AvgIpc) is 3.04. The van der Waals surface area contributed by atoms with Crippen molar-refractivity contribution in [3.63, 3.8) is 0 Å².